The lowest BCUT2D eigenvalue weighted by Gasteiger charge is -2.19. The first-order valence-electron chi connectivity index (χ1n) is 8.38. The Morgan fingerprint density at radius 2 is 1.89 bits per heavy atom. The maximum absolute atomic E-state index is 12.9. The number of Topliss-reactive ketones (excluding diaryl/α,β-unsaturated/α-hetero) is 1. The molecule has 138 valence electrons. The van der Waals surface area contributed by atoms with E-state index in [1.165, 1.54) is 24.5 Å². The molecule has 0 amide bonds. The molecule has 0 radical (unpaired) electrons. The van der Waals surface area contributed by atoms with Crippen LogP contribution in [0, 0.1) is 10.1 Å². The molecule has 9 nitrogen and oxygen atoms in total. The van der Waals surface area contributed by atoms with Crippen molar-refractivity contribution in [1.82, 2.24) is 10.2 Å². The Morgan fingerprint density at radius 3 is 2.61 bits per heavy atom. The van der Waals surface area contributed by atoms with Gasteiger partial charge < -0.3 is 5.32 Å². The van der Waals surface area contributed by atoms with Gasteiger partial charge in [-0.05, 0) is 29.8 Å². The number of para-hydroxylation sites is 1. The lowest BCUT2D eigenvalue weighted by Crippen LogP contribution is -2.36. The molecule has 1 aliphatic heterocycles. The minimum Gasteiger partial charge on any atom is -0.341 e. The Hall–Kier alpha value is -4.14. The van der Waals surface area contributed by atoms with Crippen molar-refractivity contribution < 1.29 is 9.72 Å². The Balaban J connectivity index is 1.64. The molecule has 0 saturated carbocycles. The van der Waals surface area contributed by atoms with Crippen LogP contribution in [0.2, 0.25) is 0 Å². The normalized spacial score (nSPS) is 15.9. The molecular weight excluding hydrogens is 360 g/mol. The van der Waals surface area contributed by atoms with Gasteiger partial charge >= 0.3 is 0 Å². The Morgan fingerprint density at radius 1 is 1.14 bits per heavy atom. The summed E-state index contributed by atoms with van der Waals surface area (Å²) in [4.78, 5) is 32.0. The minimum absolute atomic E-state index is 0.0121. The fourth-order valence-electron chi connectivity index (χ4n) is 2.74. The predicted octanol–water partition coefficient (Wildman–Crippen LogP) is 3.14. The van der Waals surface area contributed by atoms with E-state index in [-0.39, 0.29) is 11.5 Å². The first-order chi connectivity index (χ1) is 13.6. The number of hydrogen-bond acceptors (Lipinski definition) is 7. The summed E-state index contributed by atoms with van der Waals surface area (Å²) in [5.74, 6) is 0.506. The fourth-order valence-corrected chi connectivity index (χ4v) is 2.74. The molecule has 0 spiro atoms. The summed E-state index contributed by atoms with van der Waals surface area (Å²) in [7, 11) is 0. The van der Waals surface area contributed by atoms with E-state index in [9.17, 15) is 14.9 Å². The second-order valence-electron chi connectivity index (χ2n) is 6.01. The van der Waals surface area contributed by atoms with Crippen LogP contribution in [0.15, 0.2) is 70.8 Å². The standard InChI is InChI=1S/C19H14N6O3/c26-17-15-11-21-24-18(15)23-19(22-13-4-2-1-3-5-13)16(17)20-10-12-6-8-14(9-7-12)25(27)28/h1-11,16H,(H2,21,22,23,24). The third-order valence-corrected chi connectivity index (χ3v) is 4.15. The van der Waals surface area contributed by atoms with Gasteiger partial charge in [-0.2, -0.15) is 5.10 Å². The molecule has 4 rings (SSSR count). The second-order valence-corrected chi connectivity index (χ2v) is 6.01. The van der Waals surface area contributed by atoms with Crippen molar-refractivity contribution in [3.8, 4) is 0 Å². The van der Waals surface area contributed by atoms with Gasteiger partial charge in [-0.3, -0.25) is 25.0 Å². The van der Waals surface area contributed by atoms with E-state index in [1.54, 1.807) is 12.1 Å². The van der Waals surface area contributed by atoms with E-state index in [1.807, 2.05) is 30.3 Å². The molecule has 9 heteroatoms. The first-order valence-corrected chi connectivity index (χ1v) is 8.38. The van der Waals surface area contributed by atoms with Gasteiger partial charge in [-0.15, -0.1) is 0 Å². The molecule has 0 fully saturated rings. The maximum atomic E-state index is 12.9. The minimum atomic E-state index is -0.875. The molecule has 1 aliphatic rings. The van der Waals surface area contributed by atoms with Gasteiger partial charge in [0.2, 0.25) is 0 Å². The number of hydrogen-bond donors (Lipinski definition) is 2. The van der Waals surface area contributed by atoms with Gasteiger partial charge in [0.05, 0.1) is 16.7 Å². The van der Waals surface area contributed by atoms with Crippen LogP contribution in [-0.2, 0) is 0 Å². The molecule has 2 heterocycles. The lowest BCUT2D eigenvalue weighted by molar-refractivity contribution is -0.384. The number of amidine groups is 1. The van der Waals surface area contributed by atoms with Gasteiger partial charge in [0.1, 0.15) is 5.84 Å². The number of nitro benzene ring substituents is 1. The van der Waals surface area contributed by atoms with E-state index in [0.29, 0.717) is 22.8 Å². The molecule has 0 saturated heterocycles. The molecule has 1 unspecified atom stereocenters. The second kappa shape index (κ2) is 7.23. The monoisotopic (exact) mass is 374 g/mol. The lowest BCUT2D eigenvalue weighted by atomic mass is 10.0. The molecular formula is C19H14N6O3. The highest BCUT2D eigenvalue weighted by atomic mass is 16.6. The summed E-state index contributed by atoms with van der Waals surface area (Å²) in [5, 5.41) is 20.5. The summed E-state index contributed by atoms with van der Waals surface area (Å²) < 4.78 is 0. The number of aromatic nitrogens is 2. The van der Waals surface area contributed by atoms with Crippen LogP contribution in [0.5, 0.6) is 0 Å². The number of carbonyl (C=O) groups is 1. The van der Waals surface area contributed by atoms with Crippen LogP contribution < -0.4 is 5.32 Å². The van der Waals surface area contributed by atoms with Crippen molar-refractivity contribution in [2.45, 2.75) is 6.04 Å². The number of anilines is 1. The average Bonchev–Trinajstić information content (AvgIpc) is 3.18. The number of nitro groups is 1. The Kier molecular flexibility index (Phi) is 4.47. The van der Waals surface area contributed by atoms with Crippen LogP contribution in [0.1, 0.15) is 15.9 Å². The first kappa shape index (κ1) is 17.3. The summed E-state index contributed by atoms with van der Waals surface area (Å²) in [6.45, 7) is 0. The number of H-pyrrole nitrogens is 1. The highest BCUT2D eigenvalue weighted by molar-refractivity contribution is 6.24. The van der Waals surface area contributed by atoms with Crippen LogP contribution in [-0.4, -0.2) is 39.0 Å². The number of aromatic amines is 1. The zero-order valence-corrected chi connectivity index (χ0v) is 14.4. The van der Waals surface area contributed by atoms with Crippen LogP contribution in [0.25, 0.3) is 0 Å². The number of nitrogens with one attached hydrogen (secondary N) is 2. The van der Waals surface area contributed by atoms with Crippen molar-refractivity contribution in [2.24, 2.45) is 9.98 Å². The number of fused-ring (bicyclic) bond motifs is 1. The molecule has 0 bridgehead atoms. The number of nitrogens with zero attached hydrogens (tertiary/aromatic N) is 4. The van der Waals surface area contributed by atoms with Crippen molar-refractivity contribution in [1.29, 1.82) is 0 Å². The number of non-ortho nitro benzene ring substituents is 1. The average molecular weight is 374 g/mol. The van der Waals surface area contributed by atoms with E-state index >= 15 is 0 Å². The van der Waals surface area contributed by atoms with Crippen LogP contribution in [0.3, 0.4) is 0 Å². The van der Waals surface area contributed by atoms with Crippen molar-refractivity contribution >= 4 is 35.0 Å². The van der Waals surface area contributed by atoms with E-state index in [0.717, 1.165) is 5.69 Å². The van der Waals surface area contributed by atoms with Crippen molar-refractivity contribution in [2.75, 3.05) is 5.32 Å². The number of ketones is 1. The van der Waals surface area contributed by atoms with Gasteiger partial charge in [-0.25, -0.2) is 4.99 Å². The maximum Gasteiger partial charge on any atom is 0.269 e. The van der Waals surface area contributed by atoms with Gasteiger partial charge in [0.25, 0.3) is 5.69 Å². The largest absolute Gasteiger partial charge is 0.341 e. The summed E-state index contributed by atoms with van der Waals surface area (Å²) in [6, 6.07) is 14.4. The zero-order valence-electron chi connectivity index (χ0n) is 14.4. The summed E-state index contributed by atoms with van der Waals surface area (Å²) >= 11 is 0. The molecule has 2 aromatic carbocycles. The van der Waals surface area contributed by atoms with E-state index in [2.05, 4.69) is 25.5 Å². The molecule has 2 N–H and O–H groups in total. The molecule has 1 aromatic heterocycles. The summed E-state index contributed by atoms with van der Waals surface area (Å²) in [6.07, 6.45) is 2.93. The van der Waals surface area contributed by atoms with Crippen LogP contribution in [0.4, 0.5) is 17.2 Å². The number of rotatable bonds is 4. The smallest absolute Gasteiger partial charge is 0.269 e. The van der Waals surface area contributed by atoms with Gasteiger partial charge in [-0.1, -0.05) is 18.2 Å². The molecule has 1 atom stereocenters. The van der Waals surface area contributed by atoms with Crippen molar-refractivity contribution in [3.63, 3.8) is 0 Å². The van der Waals surface area contributed by atoms with E-state index < -0.39 is 11.0 Å². The molecule has 28 heavy (non-hydrogen) atoms. The highest BCUT2D eigenvalue weighted by Crippen LogP contribution is 2.25. The topological polar surface area (TPSA) is 126 Å². The fraction of sp³-hybridized carbons (Fsp3) is 0.0526. The number of benzene rings is 2. The quantitative estimate of drug-likeness (QED) is 0.412. The summed E-state index contributed by atoms with van der Waals surface area (Å²) in [5.41, 5.74) is 1.76. The van der Waals surface area contributed by atoms with E-state index in [4.69, 9.17) is 0 Å². The van der Waals surface area contributed by atoms with Gasteiger partial charge in [0.15, 0.2) is 17.6 Å². The predicted molar refractivity (Wildman–Crippen MR) is 105 cm³/mol. The third kappa shape index (κ3) is 3.40. The molecule has 3 aromatic rings. The third-order valence-electron chi connectivity index (χ3n) is 4.15. The van der Waals surface area contributed by atoms with Gasteiger partial charge in [0, 0.05) is 24.0 Å². The highest BCUT2D eigenvalue weighted by Gasteiger charge is 2.32. The number of aliphatic imine (C=N–C) groups is 2. The van der Waals surface area contributed by atoms with Crippen LogP contribution >= 0.6 is 0 Å². The number of carbonyl (C=O) groups excluding carboxylic acids is 1. The Bertz CT molecular complexity index is 1090. The Labute approximate surface area is 159 Å². The van der Waals surface area contributed by atoms with Crippen molar-refractivity contribution in [3.05, 3.63) is 82.0 Å². The zero-order chi connectivity index (χ0) is 19.5. The SMILES string of the molecule is O=C1c2cn[nH]c2N=C(Nc2ccccc2)C1N=Cc1ccc([N+](=O)[O-])cc1. The molecule has 0 aliphatic carbocycles.